The number of hydrogen-bond acceptors (Lipinski definition) is 2. The van der Waals surface area contributed by atoms with Gasteiger partial charge in [0, 0.05) is 18.6 Å². The number of allylic oxidation sites excluding steroid dienone is 1. The molecule has 0 radical (unpaired) electrons. The zero-order chi connectivity index (χ0) is 9.68. The normalized spacial score (nSPS) is 32.6. The van der Waals surface area contributed by atoms with Crippen LogP contribution in [0.4, 0.5) is 0 Å². The fourth-order valence-electron chi connectivity index (χ4n) is 1.91. The quantitative estimate of drug-likeness (QED) is 0.658. The second-order valence-corrected chi connectivity index (χ2v) is 4.15. The maximum atomic E-state index is 9.14. The predicted octanol–water partition coefficient (Wildman–Crippen LogP) is 1.66. The summed E-state index contributed by atoms with van der Waals surface area (Å²) >= 11 is 0. The van der Waals surface area contributed by atoms with Crippen LogP contribution in [0.3, 0.4) is 0 Å². The fourth-order valence-corrected chi connectivity index (χ4v) is 1.91. The van der Waals surface area contributed by atoms with E-state index in [0.717, 1.165) is 6.42 Å². The molecule has 76 valence electrons. The summed E-state index contributed by atoms with van der Waals surface area (Å²) in [5.41, 5.74) is 0. The van der Waals surface area contributed by atoms with E-state index in [1.165, 1.54) is 19.3 Å². The lowest BCUT2D eigenvalue weighted by Gasteiger charge is -2.28. The molecule has 2 nitrogen and oxygen atoms in total. The summed E-state index contributed by atoms with van der Waals surface area (Å²) in [4.78, 5) is 2.28. The van der Waals surface area contributed by atoms with Gasteiger partial charge in [-0.2, -0.15) is 0 Å². The molecule has 0 aromatic rings. The third-order valence-electron chi connectivity index (χ3n) is 2.86. The van der Waals surface area contributed by atoms with Crippen LogP contribution < -0.4 is 0 Å². The zero-order valence-electron chi connectivity index (χ0n) is 8.74. The molecule has 0 bridgehead atoms. The summed E-state index contributed by atoms with van der Waals surface area (Å²) in [5, 5.41) is 9.14. The Morgan fingerprint density at radius 3 is 2.85 bits per heavy atom. The lowest BCUT2D eigenvalue weighted by atomic mass is 9.93. The number of hydrogen-bond donors (Lipinski definition) is 1. The lowest BCUT2D eigenvalue weighted by molar-refractivity contribution is 0.188. The summed E-state index contributed by atoms with van der Waals surface area (Å²) in [6.07, 6.45) is 9.19. The van der Waals surface area contributed by atoms with Crippen LogP contribution >= 0.6 is 0 Å². The van der Waals surface area contributed by atoms with Crippen LogP contribution in [-0.2, 0) is 0 Å². The molecule has 1 rings (SSSR count). The van der Waals surface area contributed by atoms with E-state index in [-0.39, 0.29) is 0 Å². The van der Waals surface area contributed by atoms with Crippen molar-refractivity contribution in [3.8, 4) is 0 Å². The second-order valence-electron chi connectivity index (χ2n) is 4.15. The molecule has 1 aliphatic carbocycles. The molecular formula is C11H21NO. The standard InChI is InChI=1S/C11H21NO/c1-12(2)11-7-5-3-4-6-10(8-11)9-13/h4,6,10-11,13H,3,5,7-9H2,1-2H3/b6-4-/t10-,11-/m0/s1. The lowest BCUT2D eigenvalue weighted by Crippen LogP contribution is -2.31. The minimum atomic E-state index is 0.292. The molecule has 0 amide bonds. The monoisotopic (exact) mass is 183 g/mol. The SMILES string of the molecule is CN(C)[C@H]1CCC/C=C\[C@H](CO)C1. The Bertz CT molecular complexity index is 165. The van der Waals surface area contributed by atoms with Crippen molar-refractivity contribution in [3.05, 3.63) is 12.2 Å². The summed E-state index contributed by atoms with van der Waals surface area (Å²) in [6.45, 7) is 0.292. The Kier molecular flexibility index (Phi) is 4.46. The van der Waals surface area contributed by atoms with Gasteiger partial charge < -0.3 is 10.0 Å². The zero-order valence-corrected chi connectivity index (χ0v) is 8.74. The van der Waals surface area contributed by atoms with Gasteiger partial charge in [-0.1, -0.05) is 12.2 Å². The highest BCUT2D eigenvalue weighted by molar-refractivity contribution is 4.92. The summed E-state index contributed by atoms with van der Waals surface area (Å²) in [7, 11) is 4.26. The fraction of sp³-hybridized carbons (Fsp3) is 0.818. The number of aliphatic hydroxyl groups is 1. The molecule has 0 saturated heterocycles. The van der Waals surface area contributed by atoms with E-state index in [4.69, 9.17) is 5.11 Å². The Morgan fingerprint density at radius 2 is 2.23 bits per heavy atom. The van der Waals surface area contributed by atoms with Gasteiger partial charge in [0.05, 0.1) is 0 Å². The van der Waals surface area contributed by atoms with Gasteiger partial charge in [0.25, 0.3) is 0 Å². The molecule has 13 heavy (non-hydrogen) atoms. The van der Waals surface area contributed by atoms with Gasteiger partial charge in [0.15, 0.2) is 0 Å². The van der Waals surface area contributed by atoms with Crippen molar-refractivity contribution in [2.75, 3.05) is 20.7 Å². The van der Waals surface area contributed by atoms with Crippen molar-refractivity contribution in [1.29, 1.82) is 0 Å². The number of aliphatic hydroxyl groups excluding tert-OH is 1. The first-order valence-corrected chi connectivity index (χ1v) is 5.18. The molecule has 0 heterocycles. The summed E-state index contributed by atoms with van der Waals surface area (Å²) < 4.78 is 0. The van der Waals surface area contributed by atoms with Crippen molar-refractivity contribution in [1.82, 2.24) is 4.90 Å². The van der Waals surface area contributed by atoms with Crippen LogP contribution in [0.25, 0.3) is 0 Å². The van der Waals surface area contributed by atoms with Crippen LogP contribution in [-0.4, -0.2) is 36.8 Å². The maximum Gasteiger partial charge on any atom is 0.0494 e. The van der Waals surface area contributed by atoms with Gasteiger partial charge in [-0.3, -0.25) is 0 Å². The molecular weight excluding hydrogens is 162 g/mol. The third-order valence-corrected chi connectivity index (χ3v) is 2.86. The Labute approximate surface area is 81.2 Å². The number of nitrogens with zero attached hydrogens (tertiary/aromatic N) is 1. The van der Waals surface area contributed by atoms with E-state index in [0.29, 0.717) is 18.6 Å². The topological polar surface area (TPSA) is 23.5 Å². The smallest absolute Gasteiger partial charge is 0.0494 e. The molecule has 0 aliphatic heterocycles. The highest BCUT2D eigenvalue weighted by atomic mass is 16.3. The first kappa shape index (κ1) is 10.7. The molecule has 1 aliphatic rings. The molecule has 0 unspecified atom stereocenters. The maximum absolute atomic E-state index is 9.14. The minimum absolute atomic E-state index is 0.292. The van der Waals surface area contributed by atoms with E-state index in [1.807, 2.05) is 0 Å². The van der Waals surface area contributed by atoms with Crippen molar-refractivity contribution >= 4 is 0 Å². The first-order chi connectivity index (χ1) is 6.24. The van der Waals surface area contributed by atoms with Gasteiger partial charge in [-0.05, 0) is 39.8 Å². The highest BCUT2D eigenvalue weighted by Gasteiger charge is 2.16. The number of rotatable bonds is 2. The minimum Gasteiger partial charge on any atom is -0.396 e. The third kappa shape index (κ3) is 3.49. The molecule has 2 heteroatoms. The van der Waals surface area contributed by atoms with Gasteiger partial charge in [0.1, 0.15) is 0 Å². The summed E-state index contributed by atoms with van der Waals surface area (Å²) in [6, 6.07) is 0.641. The van der Waals surface area contributed by atoms with E-state index >= 15 is 0 Å². The highest BCUT2D eigenvalue weighted by Crippen LogP contribution is 2.19. The van der Waals surface area contributed by atoms with Gasteiger partial charge in [0.2, 0.25) is 0 Å². The van der Waals surface area contributed by atoms with Crippen LogP contribution in [0.2, 0.25) is 0 Å². The Balaban J connectivity index is 2.52. The second kappa shape index (κ2) is 5.40. The Hall–Kier alpha value is -0.340. The van der Waals surface area contributed by atoms with Gasteiger partial charge in [-0.15, -0.1) is 0 Å². The average molecular weight is 183 g/mol. The molecule has 0 spiro atoms. The molecule has 0 fully saturated rings. The van der Waals surface area contributed by atoms with Crippen molar-refractivity contribution in [3.63, 3.8) is 0 Å². The van der Waals surface area contributed by atoms with Crippen LogP contribution in [0.15, 0.2) is 12.2 Å². The van der Waals surface area contributed by atoms with E-state index in [1.54, 1.807) is 0 Å². The van der Waals surface area contributed by atoms with Crippen LogP contribution in [0.5, 0.6) is 0 Å². The van der Waals surface area contributed by atoms with Gasteiger partial charge in [-0.25, -0.2) is 0 Å². The largest absolute Gasteiger partial charge is 0.396 e. The molecule has 1 N–H and O–H groups in total. The van der Waals surface area contributed by atoms with Crippen LogP contribution in [0, 0.1) is 5.92 Å². The molecule has 0 aromatic carbocycles. The van der Waals surface area contributed by atoms with Crippen molar-refractivity contribution < 1.29 is 5.11 Å². The van der Waals surface area contributed by atoms with Crippen molar-refractivity contribution in [2.24, 2.45) is 5.92 Å². The Morgan fingerprint density at radius 1 is 1.46 bits per heavy atom. The van der Waals surface area contributed by atoms with E-state index < -0.39 is 0 Å². The van der Waals surface area contributed by atoms with Crippen molar-refractivity contribution in [2.45, 2.75) is 31.7 Å². The van der Waals surface area contributed by atoms with Gasteiger partial charge >= 0.3 is 0 Å². The first-order valence-electron chi connectivity index (χ1n) is 5.18. The van der Waals surface area contributed by atoms with E-state index in [9.17, 15) is 0 Å². The molecule has 0 aromatic heterocycles. The summed E-state index contributed by atoms with van der Waals surface area (Å²) in [5.74, 6) is 0.368. The predicted molar refractivity (Wildman–Crippen MR) is 55.7 cm³/mol. The molecule has 2 atom stereocenters. The van der Waals surface area contributed by atoms with Crippen LogP contribution in [0.1, 0.15) is 25.7 Å². The molecule has 0 saturated carbocycles. The van der Waals surface area contributed by atoms with E-state index in [2.05, 4.69) is 31.1 Å². The average Bonchev–Trinajstić information content (AvgIpc) is 2.03.